The summed E-state index contributed by atoms with van der Waals surface area (Å²) in [5.41, 5.74) is 2.08. The minimum atomic E-state index is -0.376. The Morgan fingerprint density at radius 2 is 1.90 bits per heavy atom. The summed E-state index contributed by atoms with van der Waals surface area (Å²) in [7, 11) is 3.38. The van der Waals surface area contributed by atoms with E-state index in [1.54, 1.807) is 33.2 Å². The van der Waals surface area contributed by atoms with Gasteiger partial charge in [-0.25, -0.2) is 4.39 Å². The maximum atomic E-state index is 13.0. The minimum absolute atomic E-state index is 0.112. The Hall–Kier alpha value is -1.95. The van der Waals surface area contributed by atoms with Crippen LogP contribution in [0, 0.1) is 5.82 Å². The first-order chi connectivity index (χ1) is 9.40. The minimum Gasteiger partial charge on any atom is -0.351 e. The lowest BCUT2D eigenvalue weighted by molar-refractivity contribution is -0.125. The van der Waals surface area contributed by atoms with Gasteiger partial charge >= 0.3 is 0 Å². The van der Waals surface area contributed by atoms with E-state index in [-0.39, 0.29) is 17.8 Å². The van der Waals surface area contributed by atoms with Gasteiger partial charge in [0.05, 0.1) is 11.6 Å². The molecule has 0 fully saturated rings. The SMILES string of the molecule is CC1=C(C(=O)N(C)C)[C@@H](c2ccc(F)cc2)NC(=S)N1. The van der Waals surface area contributed by atoms with Crippen molar-refractivity contribution in [1.29, 1.82) is 0 Å². The highest BCUT2D eigenvalue weighted by atomic mass is 32.1. The molecule has 1 atom stereocenters. The molecule has 6 heteroatoms. The fourth-order valence-electron chi connectivity index (χ4n) is 2.12. The molecule has 0 radical (unpaired) electrons. The largest absolute Gasteiger partial charge is 0.351 e. The van der Waals surface area contributed by atoms with Gasteiger partial charge in [0.15, 0.2) is 5.11 Å². The molecule has 2 N–H and O–H groups in total. The zero-order valence-corrected chi connectivity index (χ0v) is 12.3. The topological polar surface area (TPSA) is 44.4 Å². The fourth-order valence-corrected chi connectivity index (χ4v) is 2.39. The number of benzene rings is 1. The number of amides is 1. The predicted octanol–water partition coefficient (Wildman–Crippen LogP) is 1.71. The molecule has 0 aliphatic carbocycles. The van der Waals surface area contributed by atoms with Gasteiger partial charge in [0.25, 0.3) is 5.91 Å². The summed E-state index contributed by atoms with van der Waals surface area (Å²) in [6.07, 6.45) is 0. The average Bonchev–Trinajstić information content (AvgIpc) is 2.38. The number of hydrogen-bond acceptors (Lipinski definition) is 2. The quantitative estimate of drug-likeness (QED) is 0.815. The lowest BCUT2D eigenvalue weighted by atomic mass is 9.95. The molecule has 0 aromatic heterocycles. The van der Waals surface area contributed by atoms with Gasteiger partial charge in [0, 0.05) is 19.8 Å². The Morgan fingerprint density at radius 1 is 1.30 bits per heavy atom. The molecule has 0 unspecified atom stereocenters. The Morgan fingerprint density at radius 3 is 2.45 bits per heavy atom. The number of rotatable bonds is 2. The van der Waals surface area contributed by atoms with Gasteiger partial charge in [-0.1, -0.05) is 12.1 Å². The van der Waals surface area contributed by atoms with Crippen molar-refractivity contribution < 1.29 is 9.18 Å². The van der Waals surface area contributed by atoms with Crippen molar-refractivity contribution >= 4 is 23.2 Å². The van der Waals surface area contributed by atoms with E-state index in [1.807, 2.05) is 0 Å². The summed E-state index contributed by atoms with van der Waals surface area (Å²) in [5, 5.41) is 6.47. The monoisotopic (exact) mass is 293 g/mol. The Balaban J connectivity index is 2.47. The van der Waals surface area contributed by atoms with Crippen LogP contribution in [0.25, 0.3) is 0 Å². The number of nitrogens with one attached hydrogen (secondary N) is 2. The molecule has 1 aromatic rings. The van der Waals surface area contributed by atoms with Crippen LogP contribution in [0.1, 0.15) is 18.5 Å². The van der Waals surface area contributed by atoms with Crippen molar-refractivity contribution in [2.75, 3.05) is 14.1 Å². The molecule has 0 saturated carbocycles. The molecular weight excluding hydrogens is 277 g/mol. The number of carbonyl (C=O) groups is 1. The van der Waals surface area contributed by atoms with E-state index in [4.69, 9.17) is 12.2 Å². The normalized spacial score (nSPS) is 18.4. The van der Waals surface area contributed by atoms with Crippen LogP contribution in [0.3, 0.4) is 0 Å². The van der Waals surface area contributed by atoms with Crippen molar-refractivity contribution in [3.05, 3.63) is 46.9 Å². The Bertz CT molecular complexity index is 581. The fraction of sp³-hybridized carbons (Fsp3) is 0.286. The standard InChI is InChI=1S/C14H16FN3OS/c1-8-11(13(19)18(2)3)12(17-14(20)16-8)9-4-6-10(15)7-5-9/h4-7,12H,1-3H3,(H2,16,17,20)/t12-/m1/s1. The third kappa shape index (κ3) is 2.80. The zero-order chi connectivity index (χ0) is 14.9. The summed E-state index contributed by atoms with van der Waals surface area (Å²) in [6, 6.07) is 5.66. The van der Waals surface area contributed by atoms with E-state index in [0.717, 1.165) is 5.56 Å². The predicted molar refractivity (Wildman–Crippen MR) is 79.4 cm³/mol. The second kappa shape index (κ2) is 5.58. The molecular formula is C14H16FN3OS. The van der Waals surface area contributed by atoms with E-state index in [1.165, 1.54) is 17.0 Å². The van der Waals surface area contributed by atoms with Crippen molar-refractivity contribution in [3.8, 4) is 0 Å². The van der Waals surface area contributed by atoms with E-state index in [2.05, 4.69) is 10.6 Å². The number of nitrogens with zero attached hydrogens (tertiary/aromatic N) is 1. The number of halogens is 1. The number of likely N-dealkylation sites (N-methyl/N-ethyl adjacent to an activating group) is 1. The lowest BCUT2D eigenvalue weighted by Gasteiger charge is -2.31. The van der Waals surface area contributed by atoms with Crippen LogP contribution in [-0.4, -0.2) is 30.0 Å². The smallest absolute Gasteiger partial charge is 0.253 e. The first kappa shape index (κ1) is 14.5. The summed E-state index contributed by atoms with van der Waals surface area (Å²) >= 11 is 5.14. The molecule has 4 nitrogen and oxygen atoms in total. The highest BCUT2D eigenvalue weighted by Crippen LogP contribution is 2.27. The lowest BCUT2D eigenvalue weighted by Crippen LogP contribution is -2.46. The van der Waals surface area contributed by atoms with Gasteiger partial charge in [-0.3, -0.25) is 4.79 Å². The van der Waals surface area contributed by atoms with Gasteiger partial charge < -0.3 is 15.5 Å². The van der Waals surface area contributed by atoms with Crippen LogP contribution in [0.2, 0.25) is 0 Å². The second-order valence-electron chi connectivity index (χ2n) is 4.82. The Labute approximate surface area is 122 Å². The number of carbonyl (C=O) groups excluding carboxylic acids is 1. The van der Waals surface area contributed by atoms with E-state index in [0.29, 0.717) is 16.4 Å². The van der Waals surface area contributed by atoms with Gasteiger partial charge in [-0.2, -0.15) is 0 Å². The molecule has 1 aliphatic heterocycles. The highest BCUT2D eigenvalue weighted by molar-refractivity contribution is 7.80. The molecule has 0 bridgehead atoms. The maximum Gasteiger partial charge on any atom is 0.253 e. The molecule has 1 aliphatic rings. The first-order valence-electron chi connectivity index (χ1n) is 6.15. The first-order valence-corrected chi connectivity index (χ1v) is 6.56. The van der Waals surface area contributed by atoms with E-state index in [9.17, 15) is 9.18 Å². The van der Waals surface area contributed by atoms with Crippen LogP contribution < -0.4 is 10.6 Å². The third-order valence-corrected chi connectivity index (χ3v) is 3.33. The van der Waals surface area contributed by atoms with Crippen LogP contribution in [0.5, 0.6) is 0 Å². The average molecular weight is 293 g/mol. The molecule has 106 valence electrons. The number of hydrogen-bond donors (Lipinski definition) is 2. The van der Waals surface area contributed by atoms with Gasteiger partial charge in [-0.05, 0) is 36.8 Å². The van der Waals surface area contributed by atoms with Gasteiger partial charge in [0.1, 0.15) is 5.82 Å². The molecule has 2 rings (SSSR count). The molecule has 1 aromatic carbocycles. The number of allylic oxidation sites excluding steroid dienone is 1. The Kier molecular flexibility index (Phi) is 4.04. The molecule has 0 spiro atoms. The van der Waals surface area contributed by atoms with Crippen molar-refractivity contribution in [2.24, 2.45) is 0 Å². The van der Waals surface area contributed by atoms with Gasteiger partial charge in [0.2, 0.25) is 0 Å². The highest BCUT2D eigenvalue weighted by Gasteiger charge is 2.30. The molecule has 1 amide bonds. The summed E-state index contributed by atoms with van der Waals surface area (Å²) in [6.45, 7) is 1.81. The van der Waals surface area contributed by atoms with E-state index < -0.39 is 0 Å². The third-order valence-electron chi connectivity index (χ3n) is 3.11. The molecule has 0 saturated heterocycles. The maximum absolute atomic E-state index is 13.0. The van der Waals surface area contributed by atoms with E-state index >= 15 is 0 Å². The van der Waals surface area contributed by atoms with Crippen molar-refractivity contribution in [2.45, 2.75) is 13.0 Å². The zero-order valence-electron chi connectivity index (χ0n) is 11.5. The van der Waals surface area contributed by atoms with Crippen molar-refractivity contribution in [1.82, 2.24) is 15.5 Å². The van der Waals surface area contributed by atoms with Crippen LogP contribution in [0.15, 0.2) is 35.5 Å². The molecule has 1 heterocycles. The summed E-state index contributed by atoms with van der Waals surface area (Å²) in [4.78, 5) is 13.8. The number of thiocarbonyl (C=S) groups is 1. The van der Waals surface area contributed by atoms with Crippen molar-refractivity contribution in [3.63, 3.8) is 0 Å². The summed E-state index contributed by atoms with van der Waals surface area (Å²) < 4.78 is 13.0. The van der Waals surface area contributed by atoms with Gasteiger partial charge in [-0.15, -0.1) is 0 Å². The second-order valence-corrected chi connectivity index (χ2v) is 5.23. The van der Waals surface area contributed by atoms with Crippen LogP contribution >= 0.6 is 12.2 Å². The molecule has 20 heavy (non-hydrogen) atoms. The van der Waals surface area contributed by atoms with Crippen LogP contribution in [0.4, 0.5) is 4.39 Å². The van der Waals surface area contributed by atoms with Crippen LogP contribution in [-0.2, 0) is 4.79 Å². The summed E-state index contributed by atoms with van der Waals surface area (Å²) in [5.74, 6) is -0.425.